The third-order valence-corrected chi connectivity index (χ3v) is 4.58. The van der Waals surface area contributed by atoms with Crippen LogP contribution in [0.25, 0.3) is 22.9 Å². The van der Waals surface area contributed by atoms with E-state index in [-0.39, 0.29) is 5.82 Å². The van der Waals surface area contributed by atoms with E-state index in [1.807, 2.05) is 29.6 Å². The molecule has 0 spiro atoms. The van der Waals surface area contributed by atoms with Crippen LogP contribution < -0.4 is 0 Å². The molecule has 3 rings (SSSR count). The zero-order valence-corrected chi connectivity index (χ0v) is 14.2. The van der Waals surface area contributed by atoms with Crippen molar-refractivity contribution in [2.75, 3.05) is 0 Å². The number of thiazole rings is 1. The number of rotatable bonds is 3. The third kappa shape index (κ3) is 3.73. The van der Waals surface area contributed by atoms with E-state index in [0.717, 1.165) is 21.3 Å². The number of nitriles is 1. The molecule has 0 bridgehead atoms. The first kappa shape index (κ1) is 15.6. The molecule has 1 aromatic heterocycles. The predicted octanol–water partition coefficient (Wildman–Crippen LogP) is 5.78. The molecule has 0 saturated carbocycles. The summed E-state index contributed by atoms with van der Waals surface area (Å²) in [6, 6.07) is 16.1. The zero-order chi connectivity index (χ0) is 16.2. The van der Waals surface area contributed by atoms with Gasteiger partial charge in [-0.15, -0.1) is 11.3 Å². The predicted molar refractivity (Wildman–Crippen MR) is 95.1 cm³/mol. The fourth-order valence-corrected chi connectivity index (χ4v) is 3.08. The molecule has 0 fully saturated rings. The van der Waals surface area contributed by atoms with Gasteiger partial charge in [0.25, 0.3) is 0 Å². The van der Waals surface area contributed by atoms with Gasteiger partial charge in [-0.25, -0.2) is 9.37 Å². The normalized spacial score (nSPS) is 11.3. The number of benzene rings is 2. The summed E-state index contributed by atoms with van der Waals surface area (Å²) < 4.78 is 14.0. The smallest absolute Gasteiger partial charge is 0.134 e. The Labute approximate surface area is 145 Å². The summed E-state index contributed by atoms with van der Waals surface area (Å²) in [5.41, 5.74) is 3.01. The molecular formula is C18H10BrFN2S. The lowest BCUT2D eigenvalue weighted by Gasteiger charge is -1.97. The van der Waals surface area contributed by atoms with Crippen molar-refractivity contribution in [3.63, 3.8) is 0 Å². The Balaban J connectivity index is 1.92. The highest BCUT2D eigenvalue weighted by atomic mass is 79.9. The molecule has 112 valence electrons. The van der Waals surface area contributed by atoms with E-state index in [1.54, 1.807) is 18.2 Å². The minimum Gasteiger partial charge on any atom is -0.235 e. The van der Waals surface area contributed by atoms with Gasteiger partial charge < -0.3 is 0 Å². The number of hydrogen-bond acceptors (Lipinski definition) is 3. The van der Waals surface area contributed by atoms with Crippen LogP contribution in [-0.4, -0.2) is 4.98 Å². The first-order chi connectivity index (χ1) is 11.2. The molecule has 0 amide bonds. The fourth-order valence-electron chi connectivity index (χ4n) is 2.02. The summed E-state index contributed by atoms with van der Waals surface area (Å²) >= 11 is 4.78. The summed E-state index contributed by atoms with van der Waals surface area (Å²) in [6.45, 7) is 0. The van der Waals surface area contributed by atoms with Gasteiger partial charge in [0, 0.05) is 15.4 Å². The number of nitrogens with zero attached hydrogens (tertiary/aromatic N) is 2. The van der Waals surface area contributed by atoms with Crippen LogP contribution in [0.3, 0.4) is 0 Å². The SMILES string of the molecule is N#C/C(=C/c1ccc(Br)cc1)c1nc(-c2ccc(F)cc2)cs1. The van der Waals surface area contributed by atoms with Gasteiger partial charge in [0.05, 0.1) is 11.3 Å². The summed E-state index contributed by atoms with van der Waals surface area (Å²) in [7, 11) is 0. The van der Waals surface area contributed by atoms with Crippen LogP contribution in [0.15, 0.2) is 58.4 Å². The van der Waals surface area contributed by atoms with Crippen molar-refractivity contribution in [1.82, 2.24) is 4.98 Å². The Kier molecular flexibility index (Phi) is 4.65. The van der Waals surface area contributed by atoms with Crippen molar-refractivity contribution in [1.29, 1.82) is 5.26 Å². The average Bonchev–Trinajstić information content (AvgIpc) is 3.05. The molecule has 0 atom stereocenters. The molecular weight excluding hydrogens is 375 g/mol. The Morgan fingerprint density at radius 3 is 2.48 bits per heavy atom. The van der Waals surface area contributed by atoms with Crippen molar-refractivity contribution < 1.29 is 4.39 Å². The van der Waals surface area contributed by atoms with Gasteiger partial charge in [0.2, 0.25) is 0 Å². The summed E-state index contributed by atoms with van der Waals surface area (Å²) in [5.74, 6) is -0.281. The molecule has 0 aliphatic heterocycles. The molecule has 0 aliphatic rings. The van der Waals surface area contributed by atoms with Gasteiger partial charge in [-0.1, -0.05) is 28.1 Å². The van der Waals surface area contributed by atoms with E-state index >= 15 is 0 Å². The maximum Gasteiger partial charge on any atom is 0.134 e. The number of hydrogen-bond donors (Lipinski definition) is 0. The van der Waals surface area contributed by atoms with Crippen molar-refractivity contribution in [2.45, 2.75) is 0 Å². The largest absolute Gasteiger partial charge is 0.235 e. The Morgan fingerprint density at radius 2 is 1.83 bits per heavy atom. The van der Waals surface area contributed by atoms with Crippen LogP contribution in [0.5, 0.6) is 0 Å². The molecule has 0 N–H and O–H groups in total. The van der Waals surface area contributed by atoms with E-state index in [4.69, 9.17) is 0 Å². The van der Waals surface area contributed by atoms with Crippen LogP contribution in [0.2, 0.25) is 0 Å². The minimum absolute atomic E-state index is 0.281. The van der Waals surface area contributed by atoms with Gasteiger partial charge in [-0.05, 0) is 48.0 Å². The lowest BCUT2D eigenvalue weighted by atomic mass is 10.1. The second-order valence-corrected chi connectivity index (χ2v) is 6.54. The third-order valence-electron chi connectivity index (χ3n) is 3.18. The highest BCUT2D eigenvalue weighted by molar-refractivity contribution is 9.10. The Morgan fingerprint density at radius 1 is 1.13 bits per heavy atom. The first-order valence-electron chi connectivity index (χ1n) is 6.75. The maximum atomic E-state index is 13.0. The number of halogens is 2. The van der Waals surface area contributed by atoms with E-state index in [0.29, 0.717) is 10.6 Å². The quantitative estimate of drug-likeness (QED) is 0.536. The molecule has 2 aromatic carbocycles. The average molecular weight is 385 g/mol. The van der Waals surface area contributed by atoms with Crippen molar-refractivity contribution in [3.05, 3.63) is 74.8 Å². The minimum atomic E-state index is -0.281. The Hall–Kier alpha value is -2.29. The van der Waals surface area contributed by atoms with Gasteiger partial charge >= 0.3 is 0 Å². The first-order valence-corrected chi connectivity index (χ1v) is 8.42. The van der Waals surface area contributed by atoms with Crippen LogP contribution >= 0.6 is 27.3 Å². The lowest BCUT2D eigenvalue weighted by molar-refractivity contribution is 0.628. The van der Waals surface area contributed by atoms with Crippen LogP contribution in [0, 0.1) is 17.1 Å². The van der Waals surface area contributed by atoms with Crippen molar-refractivity contribution in [3.8, 4) is 17.3 Å². The maximum absolute atomic E-state index is 13.0. The van der Waals surface area contributed by atoms with Gasteiger partial charge in [0.1, 0.15) is 16.9 Å². The lowest BCUT2D eigenvalue weighted by Crippen LogP contribution is -1.83. The fraction of sp³-hybridized carbons (Fsp3) is 0. The summed E-state index contributed by atoms with van der Waals surface area (Å²) in [5, 5.41) is 11.9. The molecule has 0 unspecified atom stereocenters. The van der Waals surface area contributed by atoms with E-state index < -0.39 is 0 Å². The van der Waals surface area contributed by atoms with Gasteiger partial charge in [-0.2, -0.15) is 5.26 Å². The van der Waals surface area contributed by atoms with Crippen LogP contribution in [0.1, 0.15) is 10.6 Å². The molecule has 0 radical (unpaired) electrons. The second kappa shape index (κ2) is 6.86. The molecule has 3 aromatic rings. The van der Waals surface area contributed by atoms with E-state index in [9.17, 15) is 9.65 Å². The highest BCUT2D eigenvalue weighted by Crippen LogP contribution is 2.27. The monoisotopic (exact) mass is 384 g/mol. The summed E-state index contributed by atoms with van der Waals surface area (Å²) in [4.78, 5) is 4.49. The summed E-state index contributed by atoms with van der Waals surface area (Å²) in [6.07, 6.45) is 1.81. The van der Waals surface area contributed by atoms with E-state index in [1.165, 1.54) is 23.5 Å². The molecule has 0 saturated heterocycles. The van der Waals surface area contributed by atoms with Crippen molar-refractivity contribution in [2.24, 2.45) is 0 Å². The topological polar surface area (TPSA) is 36.7 Å². The zero-order valence-electron chi connectivity index (χ0n) is 11.8. The number of allylic oxidation sites excluding steroid dienone is 1. The second-order valence-electron chi connectivity index (χ2n) is 4.77. The van der Waals surface area contributed by atoms with Crippen LogP contribution in [-0.2, 0) is 0 Å². The van der Waals surface area contributed by atoms with Crippen LogP contribution in [0.4, 0.5) is 4.39 Å². The standard InChI is InChI=1S/C18H10BrFN2S/c19-15-5-1-12(2-6-15)9-14(10-21)18-22-17(11-23-18)13-3-7-16(20)8-4-13/h1-9,11H/b14-9-. The molecule has 2 nitrogen and oxygen atoms in total. The van der Waals surface area contributed by atoms with Gasteiger partial charge in [-0.3, -0.25) is 0 Å². The molecule has 5 heteroatoms. The molecule has 1 heterocycles. The number of aromatic nitrogens is 1. The van der Waals surface area contributed by atoms with E-state index in [2.05, 4.69) is 27.0 Å². The highest BCUT2D eigenvalue weighted by Gasteiger charge is 2.09. The Bertz CT molecular complexity index is 890. The van der Waals surface area contributed by atoms with Gasteiger partial charge in [0.15, 0.2) is 0 Å². The molecule has 0 aliphatic carbocycles. The molecule has 23 heavy (non-hydrogen) atoms. The van der Waals surface area contributed by atoms with Crippen molar-refractivity contribution >= 4 is 38.9 Å².